The Morgan fingerprint density at radius 3 is 2.79 bits per heavy atom. The number of nitro benzene ring substituents is 1. The smallest absolute Gasteiger partial charge is 0.271 e. The molecule has 5 heteroatoms. The molecule has 19 heavy (non-hydrogen) atoms. The van der Waals surface area contributed by atoms with Gasteiger partial charge in [0.25, 0.3) is 5.69 Å². The van der Waals surface area contributed by atoms with Crippen LogP contribution in [0.25, 0.3) is 0 Å². The van der Waals surface area contributed by atoms with Crippen molar-refractivity contribution in [3.63, 3.8) is 0 Å². The van der Waals surface area contributed by atoms with Crippen molar-refractivity contribution in [2.45, 2.75) is 45.6 Å². The van der Waals surface area contributed by atoms with Crippen LogP contribution < -0.4 is 4.90 Å². The molecule has 1 aromatic carbocycles. The summed E-state index contributed by atoms with van der Waals surface area (Å²) in [6.07, 6.45) is 4.29. The van der Waals surface area contributed by atoms with Gasteiger partial charge in [-0.25, -0.2) is 0 Å². The van der Waals surface area contributed by atoms with Gasteiger partial charge in [-0.2, -0.15) is 0 Å². The zero-order valence-electron chi connectivity index (χ0n) is 11.4. The first-order chi connectivity index (χ1) is 9.04. The van der Waals surface area contributed by atoms with E-state index in [1.54, 1.807) is 6.07 Å². The summed E-state index contributed by atoms with van der Waals surface area (Å²) in [6.45, 7) is 5.18. The van der Waals surface area contributed by atoms with Crippen LogP contribution in [0, 0.1) is 10.1 Å². The lowest BCUT2D eigenvalue weighted by Crippen LogP contribution is -2.38. The topological polar surface area (TPSA) is 46.4 Å². The van der Waals surface area contributed by atoms with Gasteiger partial charge in [-0.15, -0.1) is 0 Å². The van der Waals surface area contributed by atoms with E-state index in [-0.39, 0.29) is 10.6 Å². The van der Waals surface area contributed by atoms with Gasteiger partial charge in [0.1, 0.15) is 0 Å². The Morgan fingerprint density at radius 1 is 1.47 bits per heavy atom. The number of benzene rings is 1. The van der Waals surface area contributed by atoms with Crippen LogP contribution >= 0.6 is 11.6 Å². The number of hydrogen-bond acceptors (Lipinski definition) is 3. The molecule has 1 saturated heterocycles. The van der Waals surface area contributed by atoms with E-state index in [0.29, 0.717) is 11.1 Å². The van der Waals surface area contributed by atoms with Gasteiger partial charge in [0.05, 0.1) is 15.6 Å². The van der Waals surface area contributed by atoms with Crippen molar-refractivity contribution < 1.29 is 4.92 Å². The summed E-state index contributed by atoms with van der Waals surface area (Å²) in [5, 5.41) is 11.4. The highest BCUT2D eigenvalue weighted by Crippen LogP contribution is 2.37. The molecule has 0 unspecified atom stereocenters. The van der Waals surface area contributed by atoms with Crippen molar-refractivity contribution in [1.82, 2.24) is 0 Å². The van der Waals surface area contributed by atoms with Gasteiger partial charge in [-0.05, 0) is 38.2 Å². The lowest BCUT2D eigenvalue weighted by molar-refractivity contribution is -0.384. The standard InChI is InChI=1S/C14H19ClN2O2/c1-3-11-8-12(17(18)19)9-13(15)14(11)16-7-5-4-6-10(16)2/h8-10H,3-7H2,1-2H3/t10-/m0/s1. The maximum Gasteiger partial charge on any atom is 0.271 e. The number of hydrogen-bond donors (Lipinski definition) is 0. The highest BCUT2D eigenvalue weighted by atomic mass is 35.5. The molecule has 1 aliphatic rings. The van der Waals surface area contributed by atoms with Crippen LogP contribution in [0.5, 0.6) is 0 Å². The van der Waals surface area contributed by atoms with Crippen molar-refractivity contribution in [3.05, 3.63) is 32.8 Å². The second-order valence-electron chi connectivity index (χ2n) is 5.08. The van der Waals surface area contributed by atoms with Crippen LogP contribution in [-0.2, 0) is 6.42 Å². The fourth-order valence-corrected chi connectivity index (χ4v) is 3.11. The molecule has 0 amide bonds. The van der Waals surface area contributed by atoms with Gasteiger partial charge < -0.3 is 4.90 Å². The lowest BCUT2D eigenvalue weighted by Gasteiger charge is -2.37. The van der Waals surface area contributed by atoms with Gasteiger partial charge >= 0.3 is 0 Å². The molecular formula is C14H19ClN2O2. The maximum atomic E-state index is 10.9. The minimum absolute atomic E-state index is 0.0789. The molecule has 0 aliphatic carbocycles. The summed E-state index contributed by atoms with van der Waals surface area (Å²) >= 11 is 6.31. The molecule has 1 aliphatic heterocycles. The highest BCUT2D eigenvalue weighted by Gasteiger charge is 2.24. The van der Waals surface area contributed by atoms with E-state index in [2.05, 4.69) is 11.8 Å². The first-order valence-corrected chi connectivity index (χ1v) is 7.15. The molecule has 1 heterocycles. The molecule has 1 fully saturated rings. The molecule has 0 bridgehead atoms. The zero-order chi connectivity index (χ0) is 14.0. The minimum Gasteiger partial charge on any atom is -0.367 e. The molecule has 0 radical (unpaired) electrons. The number of rotatable bonds is 3. The Bertz CT molecular complexity index is 491. The summed E-state index contributed by atoms with van der Waals surface area (Å²) in [7, 11) is 0. The van der Waals surface area contributed by atoms with Gasteiger partial charge in [0, 0.05) is 24.7 Å². The van der Waals surface area contributed by atoms with Crippen molar-refractivity contribution in [2.24, 2.45) is 0 Å². The Kier molecular flexibility index (Phi) is 4.30. The van der Waals surface area contributed by atoms with Gasteiger partial charge in [0.15, 0.2) is 0 Å². The Balaban J connectivity index is 2.46. The number of aryl methyl sites for hydroxylation is 1. The van der Waals surface area contributed by atoms with Crippen LogP contribution in [0.3, 0.4) is 0 Å². The molecule has 0 aromatic heterocycles. The van der Waals surface area contributed by atoms with Crippen LogP contribution in [0.4, 0.5) is 11.4 Å². The lowest BCUT2D eigenvalue weighted by atomic mass is 10.00. The summed E-state index contributed by atoms with van der Waals surface area (Å²) in [6, 6.07) is 3.57. The van der Waals surface area contributed by atoms with Crippen LogP contribution in [0.1, 0.15) is 38.7 Å². The van der Waals surface area contributed by atoms with E-state index >= 15 is 0 Å². The second-order valence-corrected chi connectivity index (χ2v) is 5.49. The van der Waals surface area contributed by atoms with E-state index in [1.807, 2.05) is 6.92 Å². The SMILES string of the molecule is CCc1cc([N+](=O)[O-])cc(Cl)c1N1CCCC[C@@H]1C. The zero-order valence-corrected chi connectivity index (χ0v) is 12.1. The van der Waals surface area contributed by atoms with Gasteiger partial charge in [-0.1, -0.05) is 18.5 Å². The normalized spacial score (nSPS) is 19.5. The number of nitrogens with zero attached hydrogens (tertiary/aromatic N) is 2. The fraction of sp³-hybridized carbons (Fsp3) is 0.571. The predicted octanol–water partition coefficient (Wildman–Crippen LogP) is 4.19. The average molecular weight is 283 g/mol. The molecule has 104 valence electrons. The summed E-state index contributed by atoms with van der Waals surface area (Å²) in [4.78, 5) is 12.8. The first-order valence-electron chi connectivity index (χ1n) is 6.78. The van der Waals surface area contributed by atoms with E-state index < -0.39 is 0 Å². The van der Waals surface area contributed by atoms with Gasteiger partial charge in [0.2, 0.25) is 0 Å². The average Bonchev–Trinajstić information content (AvgIpc) is 2.39. The monoisotopic (exact) mass is 282 g/mol. The third-order valence-electron chi connectivity index (χ3n) is 3.81. The van der Waals surface area contributed by atoms with Crippen molar-refractivity contribution in [2.75, 3.05) is 11.4 Å². The van der Waals surface area contributed by atoms with Crippen LogP contribution in [0.2, 0.25) is 5.02 Å². The molecule has 2 rings (SSSR count). The number of nitro groups is 1. The third-order valence-corrected chi connectivity index (χ3v) is 4.10. The Morgan fingerprint density at radius 2 is 2.21 bits per heavy atom. The quantitative estimate of drug-likeness (QED) is 0.617. The fourth-order valence-electron chi connectivity index (χ4n) is 2.77. The van der Waals surface area contributed by atoms with Crippen LogP contribution in [-0.4, -0.2) is 17.5 Å². The minimum atomic E-state index is -0.381. The predicted molar refractivity (Wildman–Crippen MR) is 78.1 cm³/mol. The van der Waals surface area contributed by atoms with E-state index in [4.69, 9.17) is 11.6 Å². The highest BCUT2D eigenvalue weighted by molar-refractivity contribution is 6.33. The molecule has 0 N–H and O–H groups in total. The number of anilines is 1. The molecule has 1 atom stereocenters. The number of halogens is 1. The van der Waals surface area contributed by atoms with E-state index in [1.165, 1.54) is 12.5 Å². The van der Waals surface area contributed by atoms with Gasteiger partial charge in [-0.3, -0.25) is 10.1 Å². The molecule has 0 spiro atoms. The molecule has 4 nitrogen and oxygen atoms in total. The van der Waals surface area contributed by atoms with Crippen molar-refractivity contribution in [1.29, 1.82) is 0 Å². The van der Waals surface area contributed by atoms with Crippen molar-refractivity contribution >= 4 is 23.0 Å². The van der Waals surface area contributed by atoms with Crippen LogP contribution in [0.15, 0.2) is 12.1 Å². The van der Waals surface area contributed by atoms with E-state index in [9.17, 15) is 10.1 Å². The molecule has 1 aromatic rings. The molecule has 0 saturated carbocycles. The number of non-ortho nitro benzene ring substituents is 1. The van der Waals surface area contributed by atoms with Crippen molar-refractivity contribution in [3.8, 4) is 0 Å². The molecular weight excluding hydrogens is 264 g/mol. The first kappa shape index (κ1) is 14.1. The Labute approximate surface area is 118 Å². The third kappa shape index (κ3) is 2.84. The van der Waals surface area contributed by atoms with E-state index in [0.717, 1.165) is 37.1 Å². The summed E-state index contributed by atoms with van der Waals surface area (Å²) in [5.74, 6) is 0. The Hall–Kier alpha value is -1.29. The largest absolute Gasteiger partial charge is 0.367 e. The number of piperidine rings is 1. The summed E-state index contributed by atoms with van der Waals surface area (Å²) in [5.41, 5.74) is 2.03. The maximum absolute atomic E-state index is 10.9. The summed E-state index contributed by atoms with van der Waals surface area (Å²) < 4.78 is 0. The second kappa shape index (κ2) is 5.78.